The van der Waals surface area contributed by atoms with Crippen LogP contribution in [0.2, 0.25) is 0 Å². The SMILES string of the molecule is COc1cccc(OC)c1C(=O)Nc1cccc(SCC(=O)Nc2sc3c(c2C#N)CCN(C(=O)OC(C)(C)C)C3)c1. The third-order valence-corrected chi connectivity index (χ3v) is 8.32. The van der Waals surface area contributed by atoms with Crippen LogP contribution in [-0.2, 0) is 22.5 Å². The molecule has 1 aromatic heterocycles. The number of amides is 3. The maximum Gasteiger partial charge on any atom is 0.410 e. The van der Waals surface area contributed by atoms with Crippen LogP contribution < -0.4 is 20.1 Å². The van der Waals surface area contributed by atoms with Crippen molar-refractivity contribution >= 4 is 51.7 Å². The molecule has 42 heavy (non-hydrogen) atoms. The predicted octanol–water partition coefficient (Wildman–Crippen LogP) is 5.91. The van der Waals surface area contributed by atoms with Crippen molar-refractivity contribution < 1.29 is 28.6 Å². The molecule has 0 spiro atoms. The second kappa shape index (κ2) is 13.2. The Bertz CT molecular complexity index is 1520. The molecule has 0 aliphatic carbocycles. The molecule has 0 radical (unpaired) electrons. The highest BCUT2D eigenvalue weighted by molar-refractivity contribution is 8.00. The molecule has 0 saturated heterocycles. The molecule has 2 N–H and O–H groups in total. The zero-order valence-electron chi connectivity index (χ0n) is 24.0. The normalized spacial score (nSPS) is 12.5. The molecule has 3 aromatic rings. The number of anilines is 2. The number of thioether (sulfide) groups is 1. The number of hydrogen-bond donors (Lipinski definition) is 2. The minimum absolute atomic E-state index is 0.0925. The minimum atomic E-state index is -0.602. The van der Waals surface area contributed by atoms with E-state index in [4.69, 9.17) is 14.2 Å². The summed E-state index contributed by atoms with van der Waals surface area (Å²) in [7, 11) is 2.97. The Kier molecular flexibility index (Phi) is 9.65. The summed E-state index contributed by atoms with van der Waals surface area (Å²) in [5.41, 5.74) is 1.52. The van der Waals surface area contributed by atoms with Crippen molar-refractivity contribution in [2.45, 2.75) is 44.2 Å². The fourth-order valence-electron chi connectivity index (χ4n) is 4.34. The van der Waals surface area contributed by atoms with Gasteiger partial charge in [0.1, 0.15) is 33.7 Å². The number of nitrogens with zero attached hydrogens (tertiary/aromatic N) is 2. The summed E-state index contributed by atoms with van der Waals surface area (Å²) in [6.07, 6.45) is 0.111. The molecular formula is C30H32N4O6S2. The first kappa shape index (κ1) is 30.7. The summed E-state index contributed by atoms with van der Waals surface area (Å²) in [4.78, 5) is 41.7. The van der Waals surface area contributed by atoms with Crippen LogP contribution in [0.25, 0.3) is 0 Å². The van der Waals surface area contributed by atoms with Gasteiger partial charge < -0.3 is 29.7 Å². The van der Waals surface area contributed by atoms with Crippen molar-refractivity contribution in [1.82, 2.24) is 4.90 Å². The van der Waals surface area contributed by atoms with E-state index in [1.807, 2.05) is 26.8 Å². The molecule has 4 rings (SSSR count). The number of nitriles is 1. The quantitative estimate of drug-likeness (QED) is 0.302. The highest BCUT2D eigenvalue weighted by atomic mass is 32.2. The fraction of sp³-hybridized carbons (Fsp3) is 0.333. The van der Waals surface area contributed by atoms with Crippen LogP contribution >= 0.6 is 23.1 Å². The number of hydrogen-bond acceptors (Lipinski definition) is 9. The number of benzene rings is 2. The molecule has 1 aliphatic rings. The van der Waals surface area contributed by atoms with Crippen molar-refractivity contribution in [1.29, 1.82) is 5.26 Å². The summed E-state index contributed by atoms with van der Waals surface area (Å²) < 4.78 is 16.1. The van der Waals surface area contributed by atoms with Gasteiger partial charge in [0, 0.05) is 22.0 Å². The molecule has 0 saturated carbocycles. The maximum absolute atomic E-state index is 13.0. The number of thiophene rings is 1. The van der Waals surface area contributed by atoms with Gasteiger partial charge in [0.2, 0.25) is 5.91 Å². The van der Waals surface area contributed by atoms with Crippen molar-refractivity contribution in [2.75, 3.05) is 37.2 Å². The van der Waals surface area contributed by atoms with E-state index in [1.54, 1.807) is 41.3 Å². The Labute approximate surface area is 252 Å². The van der Waals surface area contributed by atoms with E-state index in [0.717, 1.165) is 15.3 Å². The molecule has 0 bridgehead atoms. The maximum atomic E-state index is 13.0. The van der Waals surface area contributed by atoms with E-state index in [2.05, 4.69) is 16.7 Å². The van der Waals surface area contributed by atoms with Crippen LogP contribution in [0.15, 0.2) is 47.4 Å². The van der Waals surface area contributed by atoms with Gasteiger partial charge in [-0.25, -0.2) is 4.79 Å². The summed E-state index contributed by atoms with van der Waals surface area (Å²) in [6, 6.07) is 14.5. The zero-order chi connectivity index (χ0) is 30.4. The molecule has 3 amide bonds. The minimum Gasteiger partial charge on any atom is -0.496 e. The van der Waals surface area contributed by atoms with Crippen molar-refractivity contribution in [2.24, 2.45) is 0 Å². The third-order valence-electron chi connectivity index (χ3n) is 6.19. The van der Waals surface area contributed by atoms with E-state index >= 15 is 0 Å². The molecule has 2 aromatic carbocycles. The number of nitrogens with one attached hydrogen (secondary N) is 2. The average Bonchev–Trinajstić information content (AvgIpc) is 3.30. The molecular weight excluding hydrogens is 576 g/mol. The van der Waals surface area contributed by atoms with Gasteiger partial charge in [-0.15, -0.1) is 23.1 Å². The summed E-state index contributed by atoms with van der Waals surface area (Å²) in [5, 5.41) is 16.0. The number of carbonyl (C=O) groups excluding carboxylic acids is 3. The van der Waals surface area contributed by atoms with E-state index < -0.39 is 11.7 Å². The number of carbonyl (C=O) groups is 3. The Hall–Kier alpha value is -4.21. The lowest BCUT2D eigenvalue weighted by atomic mass is 10.0. The summed E-state index contributed by atoms with van der Waals surface area (Å²) >= 11 is 2.61. The van der Waals surface area contributed by atoms with E-state index in [0.29, 0.717) is 47.3 Å². The van der Waals surface area contributed by atoms with Gasteiger partial charge in [-0.3, -0.25) is 9.59 Å². The molecule has 10 nitrogen and oxygen atoms in total. The molecule has 2 heterocycles. The number of rotatable bonds is 8. The van der Waals surface area contributed by atoms with Crippen molar-refractivity contribution in [3.63, 3.8) is 0 Å². The fourth-order valence-corrected chi connectivity index (χ4v) is 6.32. The van der Waals surface area contributed by atoms with Gasteiger partial charge in [-0.05, 0) is 63.1 Å². The highest BCUT2D eigenvalue weighted by Gasteiger charge is 2.30. The van der Waals surface area contributed by atoms with Gasteiger partial charge >= 0.3 is 6.09 Å². The topological polar surface area (TPSA) is 130 Å². The van der Waals surface area contributed by atoms with Gasteiger partial charge in [0.15, 0.2) is 0 Å². The largest absolute Gasteiger partial charge is 0.496 e. The van der Waals surface area contributed by atoms with Crippen LogP contribution in [-0.4, -0.2) is 54.9 Å². The predicted molar refractivity (Wildman–Crippen MR) is 163 cm³/mol. The van der Waals surface area contributed by atoms with Crippen LogP contribution in [0.3, 0.4) is 0 Å². The molecule has 1 aliphatic heterocycles. The summed E-state index contributed by atoms with van der Waals surface area (Å²) in [5.74, 6) is 0.208. The Balaban J connectivity index is 1.38. The zero-order valence-corrected chi connectivity index (χ0v) is 25.7. The number of fused-ring (bicyclic) bond motifs is 1. The molecule has 220 valence electrons. The number of methoxy groups -OCH3 is 2. The second-order valence-corrected chi connectivity index (χ2v) is 12.5. The monoisotopic (exact) mass is 608 g/mol. The first-order chi connectivity index (χ1) is 20.0. The highest BCUT2D eigenvalue weighted by Crippen LogP contribution is 2.37. The molecule has 0 fully saturated rings. The Morgan fingerprint density at radius 3 is 2.40 bits per heavy atom. The standard InChI is InChI=1S/C30H32N4O6S2/c1-30(2,3)40-29(37)34-13-12-20-21(15-31)28(42-24(20)16-34)33-25(35)17-41-19-9-6-8-18(14-19)32-27(36)26-22(38-4)10-7-11-23(26)39-5/h6-11,14H,12-13,16-17H2,1-5H3,(H,32,36)(H,33,35). The lowest BCUT2D eigenvalue weighted by molar-refractivity contribution is -0.113. The van der Waals surface area contributed by atoms with E-state index in [-0.39, 0.29) is 23.1 Å². The van der Waals surface area contributed by atoms with Crippen LogP contribution in [0.1, 0.15) is 47.1 Å². The van der Waals surface area contributed by atoms with Crippen molar-refractivity contribution in [3.05, 3.63) is 64.0 Å². The Morgan fingerprint density at radius 2 is 1.76 bits per heavy atom. The Morgan fingerprint density at radius 1 is 1.07 bits per heavy atom. The van der Waals surface area contributed by atoms with Crippen LogP contribution in [0.4, 0.5) is 15.5 Å². The van der Waals surface area contributed by atoms with Gasteiger partial charge in [-0.2, -0.15) is 5.26 Å². The smallest absolute Gasteiger partial charge is 0.410 e. The average molecular weight is 609 g/mol. The van der Waals surface area contributed by atoms with Crippen molar-refractivity contribution in [3.8, 4) is 17.6 Å². The van der Waals surface area contributed by atoms with Crippen LogP contribution in [0.5, 0.6) is 11.5 Å². The third kappa shape index (κ3) is 7.35. The summed E-state index contributed by atoms with van der Waals surface area (Å²) in [6.45, 7) is 6.21. The van der Waals surface area contributed by atoms with Crippen LogP contribution in [0, 0.1) is 11.3 Å². The molecule has 0 atom stereocenters. The lowest BCUT2D eigenvalue weighted by Crippen LogP contribution is -2.39. The van der Waals surface area contributed by atoms with E-state index in [1.165, 1.54) is 37.3 Å². The lowest BCUT2D eigenvalue weighted by Gasteiger charge is -2.29. The first-order valence-corrected chi connectivity index (χ1v) is 14.9. The number of ether oxygens (including phenoxy) is 3. The van der Waals surface area contributed by atoms with Gasteiger partial charge in [0.25, 0.3) is 5.91 Å². The van der Waals surface area contributed by atoms with Gasteiger partial charge in [-0.1, -0.05) is 12.1 Å². The first-order valence-electron chi connectivity index (χ1n) is 13.1. The molecule has 12 heteroatoms. The molecule has 0 unspecified atom stereocenters. The second-order valence-electron chi connectivity index (χ2n) is 10.3. The van der Waals surface area contributed by atoms with Gasteiger partial charge in [0.05, 0.1) is 32.1 Å². The van der Waals surface area contributed by atoms with E-state index in [9.17, 15) is 19.6 Å².